The monoisotopic (exact) mass is 337 g/mol. The molecule has 0 bridgehead atoms. The number of allylic oxidation sites excluding steroid dienone is 1. The van der Waals surface area contributed by atoms with Gasteiger partial charge >= 0.3 is 0 Å². The number of hydrogen-bond acceptors (Lipinski definition) is 3. The van der Waals surface area contributed by atoms with Gasteiger partial charge < -0.3 is 0 Å². The quantitative estimate of drug-likeness (QED) is 0.475. The van der Waals surface area contributed by atoms with Gasteiger partial charge in [0, 0.05) is 6.07 Å². The Hall–Kier alpha value is -2.04. The van der Waals surface area contributed by atoms with E-state index in [0.717, 1.165) is 23.5 Å². The molecule has 4 aromatic rings. The molecule has 0 unspecified atom stereocenters. The number of benzene rings is 2. The Morgan fingerprint density at radius 2 is 1.78 bits per heavy atom. The normalized spacial score (nSPS) is 11.9. The molecule has 2 aromatic carbocycles. The van der Waals surface area contributed by atoms with Crippen LogP contribution in [-0.4, -0.2) is 4.98 Å². The van der Waals surface area contributed by atoms with Crippen molar-refractivity contribution in [2.75, 3.05) is 0 Å². The molecule has 0 amide bonds. The molecule has 0 aliphatic rings. The topological polar surface area (TPSA) is 16.8 Å². The summed E-state index contributed by atoms with van der Waals surface area (Å²) in [4.78, 5) is 4.66. The van der Waals surface area contributed by atoms with Gasteiger partial charge in [-0.1, -0.05) is 41.7 Å². The van der Waals surface area contributed by atoms with Crippen LogP contribution >= 0.6 is 22.7 Å². The summed E-state index contributed by atoms with van der Waals surface area (Å²) in [6, 6.07) is 16.9. The summed E-state index contributed by atoms with van der Waals surface area (Å²) in [5.41, 5.74) is 2.42. The predicted octanol–water partition coefficient (Wildman–Crippen LogP) is 5.07. The van der Waals surface area contributed by atoms with Crippen LogP contribution in [0.25, 0.3) is 26.5 Å². The molecule has 0 aliphatic carbocycles. The van der Waals surface area contributed by atoms with Gasteiger partial charge in [-0.2, -0.15) is 4.57 Å². The molecule has 2 nitrogen and oxygen atoms in total. The number of thiazole rings is 2. The molecular formula is C19H17N2S2+. The van der Waals surface area contributed by atoms with Crippen LogP contribution in [0, 0.1) is 0 Å². The van der Waals surface area contributed by atoms with Gasteiger partial charge in [-0.3, -0.25) is 0 Å². The van der Waals surface area contributed by atoms with Crippen LogP contribution in [0.1, 0.15) is 16.9 Å². The number of aryl methyl sites for hydroxylation is 1. The molecule has 0 N–H and O–H groups in total. The highest BCUT2D eigenvalue weighted by Crippen LogP contribution is 2.24. The van der Waals surface area contributed by atoms with E-state index in [9.17, 15) is 0 Å². The summed E-state index contributed by atoms with van der Waals surface area (Å²) in [6.07, 6.45) is 5.33. The summed E-state index contributed by atoms with van der Waals surface area (Å²) in [7, 11) is 0. The van der Waals surface area contributed by atoms with Crippen molar-refractivity contribution in [3.63, 3.8) is 0 Å². The number of nitrogens with zero attached hydrogens (tertiary/aromatic N) is 2. The molecule has 4 heteroatoms. The summed E-state index contributed by atoms with van der Waals surface area (Å²) >= 11 is 3.63. The lowest BCUT2D eigenvalue weighted by Crippen LogP contribution is -2.34. The third kappa shape index (κ3) is 2.80. The first-order valence-corrected chi connectivity index (χ1v) is 9.41. The second-order valence-electron chi connectivity index (χ2n) is 5.33. The van der Waals surface area contributed by atoms with Gasteiger partial charge in [-0.15, -0.1) is 11.3 Å². The van der Waals surface area contributed by atoms with Crippen LogP contribution in [-0.2, 0) is 13.0 Å². The maximum Gasteiger partial charge on any atom is 0.242 e. The zero-order valence-electron chi connectivity index (χ0n) is 12.9. The molecule has 114 valence electrons. The van der Waals surface area contributed by atoms with Gasteiger partial charge in [0.1, 0.15) is 16.3 Å². The van der Waals surface area contributed by atoms with Crippen molar-refractivity contribution in [1.82, 2.24) is 4.98 Å². The van der Waals surface area contributed by atoms with Crippen molar-refractivity contribution in [2.45, 2.75) is 19.9 Å². The first-order valence-electron chi connectivity index (χ1n) is 7.77. The summed E-state index contributed by atoms with van der Waals surface area (Å²) in [5, 5.41) is 2.47. The molecule has 0 spiro atoms. The lowest BCUT2D eigenvalue weighted by Gasteiger charge is -1.92. The van der Waals surface area contributed by atoms with Gasteiger partial charge in [0.25, 0.3) is 0 Å². The lowest BCUT2D eigenvalue weighted by molar-refractivity contribution is -0.670. The van der Waals surface area contributed by atoms with E-state index >= 15 is 0 Å². The Labute approximate surface area is 143 Å². The van der Waals surface area contributed by atoms with Crippen molar-refractivity contribution in [1.29, 1.82) is 0 Å². The van der Waals surface area contributed by atoms with Gasteiger partial charge in [-0.05, 0) is 31.2 Å². The highest BCUT2D eigenvalue weighted by atomic mass is 32.1. The van der Waals surface area contributed by atoms with Crippen molar-refractivity contribution in [3.05, 3.63) is 64.6 Å². The fraction of sp³-hybridized carbons (Fsp3) is 0.158. The average molecular weight is 337 g/mol. The SMILES string of the molecule is CC[n+]1c(CC=Cc2nc3ccccc3s2)sc2ccccc21. The van der Waals surface area contributed by atoms with Crippen LogP contribution in [0.2, 0.25) is 0 Å². The minimum absolute atomic E-state index is 0.948. The van der Waals surface area contributed by atoms with Gasteiger partial charge in [0.05, 0.1) is 16.6 Å². The third-order valence-corrected chi connectivity index (χ3v) is 6.05. The Kier molecular flexibility index (Phi) is 3.93. The molecule has 0 radical (unpaired) electrons. The first-order chi connectivity index (χ1) is 11.3. The highest BCUT2D eigenvalue weighted by molar-refractivity contribution is 7.19. The lowest BCUT2D eigenvalue weighted by atomic mass is 10.3. The van der Waals surface area contributed by atoms with Crippen LogP contribution < -0.4 is 4.57 Å². The van der Waals surface area contributed by atoms with E-state index in [-0.39, 0.29) is 0 Å². The zero-order chi connectivity index (χ0) is 15.6. The van der Waals surface area contributed by atoms with E-state index in [4.69, 9.17) is 0 Å². The molecule has 0 saturated carbocycles. The average Bonchev–Trinajstić information content (AvgIpc) is 3.14. The number of hydrogen-bond donors (Lipinski definition) is 0. The fourth-order valence-corrected chi connectivity index (χ4v) is 4.90. The van der Waals surface area contributed by atoms with Crippen LogP contribution in [0.15, 0.2) is 54.6 Å². The largest absolute Gasteiger partial charge is 0.242 e. The Balaban J connectivity index is 1.60. The van der Waals surface area contributed by atoms with Crippen LogP contribution in [0.4, 0.5) is 0 Å². The molecule has 2 aromatic heterocycles. The van der Waals surface area contributed by atoms with Crippen molar-refractivity contribution in [2.24, 2.45) is 0 Å². The second-order valence-corrected chi connectivity index (χ2v) is 7.51. The molecule has 4 rings (SSSR count). The van der Waals surface area contributed by atoms with E-state index in [1.165, 1.54) is 19.9 Å². The van der Waals surface area contributed by atoms with Crippen molar-refractivity contribution in [3.8, 4) is 0 Å². The van der Waals surface area contributed by atoms with E-state index in [1.807, 2.05) is 17.4 Å². The fourth-order valence-electron chi connectivity index (χ4n) is 2.80. The van der Waals surface area contributed by atoms with Crippen LogP contribution in [0.5, 0.6) is 0 Å². The van der Waals surface area contributed by atoms with Crippen molar-refractivity contribution >= 4 is 49.2 Å². The molecule has 0 saturated heterocycles. The van der Waals surface area contributed by atoms with Gasteiger partial charge in [0.15, 0.2) is 0 Å². The summed E-state index contributed by atoms with van der Waals surface area (Å²) in [6.45, 7) is 3.22. The van der Waals surface area contributed by atoms with E-state index < -0.39 is 0 Å². The van der Waals surface area contributed by atoms with E-state index in [1.54, 1.807) is 11.3 Å². The summed E-state index contributed by atoms with van der Waals surface area (Å²) in [5.74, 6) is 0. The molecule has 0 fully saturated rings. The Morgan fingerprint density at radius 3 is 2.61 bits per heavy atom. The number of aromatic nitrogens is 2. The predicted molar refractivity (Wildman–Crippen MR) is 100 cm³/mol. The smallest absolute Gasteiger partial charge is 0.237 e. The number of fused-ring (bicyclic) bond motifs is 2. The molecular weight excluding hydrogens is 320 g/mol. The molecule has 0 atom stereocenters. The Morgan fingerprint density at radius 1 is 1.00 bits per heavy atom. The van der Waals surface area contributed by atoms with E-state index in [0.29, 0.717) is 0 Å². The van der Waals surface area contributed by atoms with Crippen molar-refractivity contribution < 1.29 is 4.57 Å². The number of para-hydroxylation sites is 2. The second kappa shape index (κ2) is 6.22. The highest BCUT2D eigenvalue weighted by Gasteiger charge is 2.16. The first kappa shape index (κ1) is 14.5. The Bertz CT molecular complexity index is 962. The van der Waals surface area contributed by atoms with E-state index in [2.05, 4.69) is 71.1 Å². The minimum Gasteiger partial charge on any atom is -0.237 e. The molecule has 23 heavy (non-hydrogen) atoms. The maximum atomic E-state index is 4.66. The van der Waals surface area contributed by atoms with Gasteiger partial charge in [-0.25, -0.2) is 4.98 Å². The maximum absolute atomic E-state index is 4.66. The van der Waals surface area contributed by atoms with Crippen LogP contribution in [0.3, 0.4) is 0 Å². The van der Waals surface area contributed by atoms with Gasteiger partial charge in [0.2, 0.25) is 10.5 Å². The molecule has 2 heterocycles. The third-order valence-electron chi connectivity index (χ3n) is 3.86. The molecule has 0 aliphatic heterocycles. The standard InChI is InChI=1S/C19H17N2S2/c1-2-21-15-9-4-6-11-17(15)23-19(21)13-7-12-18-20-14-8-3-5-10-16(14)22-18/h3-12H,2,13H2,1H3/q+1. The number of rotatable bonds is 4. The zero-order valence-corrected chi connectivity index (χ0v) is 14.5. The summed E-state index contributed by atoms with van der Waals surface area (Å²) < 4.78 is 5.01. The minimum atomic E-state index is 0.948.